The number of benzene rings is 2. The Morgan fingerprint density at radius 2 is 1.66 bits per heavy atom. The van der Waals surface area contributed by atoms with E-state index in [0.29, 0.717) is 17.5 Å². The van der Waals surface area contributed by atoms with Crippen molar-refractivity contribution >= 4 is 18.0 Å². The number of alkyl carbamates (subject to hydrolysis) is 1. The van der Waals surface area contributed by atoms with Crippen LogP contribution >= 0.6 is 0 Å². The molecule has 0 fully saturated rings. The van der Waals surface area contributed by atoms with E-state index in [1.165, 1.54) is 0 Å². The topological polar surface area (TPSA) is 129 Å². The molecular weight excluding hydrogens is 410 g/mol. The highest BCUT2D eigenvalue weighted by Gasteiger charge is 2.28. The second-order valence-electron chi connectivity index (χ2n) is 7.76. The van der Waals surface area contributed by atoms with Crippen LogP contribution in [0.2, 0.25) is 0 Å². The number of amides is 2. The monoisotopic (exact) mass is 437 g/mol. The van der Waals surface area contributed by atoms with E-state index in [9.17, 15) is 24.8 Å². The first-order valence-electron chi connectivity index (χ1n) is 10.3. The summed E-state index contributed by atoms with van der Waals surface area (Å²) in [5, 5.41) is 23.8. The van der Waals surface area contributed by atoms with Crippen LogP contribution < -0.4 is 10.6 Å². The molecule has 0 saturated heterocycles. The van der Waals surface area contributed by atoms with E-state index in [2.05, 4.69) is 10.6 Å². The van der Waals surface area contributed by atoms with Crippen LogP contribution in [0.1, 0.15) is 37.0 Å². The summed E-state index contributed by atoms with van der Waals surface area (Å²) < 4.78 is 5.19. The molecule has 2 aromatic rings. The third-order valence-electron chi connectivity index (χ3n) is 4.70. The number of hydrogen-bond acceptors (Lipinski definition) is 5. The summed E-state index contributed by atoms with van der Waals surface area (Å²) in [5.74, 6) is -1.80. The van der Waals surface area contributed by atoms with Crippen LogP contribution in [0, 0.1) is 17.2 Å². The van der Waals surface area contributed by atoms with Crippen molar-refractivity contribution in [1.29, 1.82) is 5.26 Å². The number of carboxylic acid groups (broad SMARTS) is 1. The van der Waals surface area contributed by atoms with Gasteiger partial charge in [0.2, 0.25) is 5.91 Å². The fraction of sp³-hybridized carbons (Fsp3) is 0.333. The van der Waals surface area contributed by atoms with Crippen LogP contribution in [0.25, 0.3) is 0 Å². The van der Waals surface area contributed by atoms with Crippen LogP contribution in [-0.2, 0) is 27.4 Å². The van der Waals surface area contributed by atoms with Gasteiger partial charge in [0.15, 0.2) is 0 Å². The molecule has 168 valence electrons. The largest absolute Gasteiger partial charge is 0.480 e. The van der Waals surface area contributed by atoms with E-state index >= 15 is 0 Å². The highest BCUT2D eigenvalue weighted by atomic mass is 16.5. The van der Waals surface area contributed by atoms with Gasteiger partial charge in [-0.25, -0.2) is 9.59 Å². The second-order valence-corrected chi connectivity index (χ2v) is 7.76. The van der Waals surface area contributed by atoms with Gasteiger partial charge < -0.3 is 20.5 Å². The molecule has 0 spiro atoms. The molecule has 0 aromatic heterocycles. The quantitative estimate of drug-likeness (QED) is 0.524. The number of rotatable bonds is 10. The Morgan fingerprint density at radius 3 is 2.28 bits per heavy atom. The minimum Gasteiger partial charge on any atom is -0.480 e. The summed E-state index contributed by atoms with van der Waals surface area (Å²) in [6.45, 7) is 3.82. The number of hydrogen-bond donors (Lipinski definition) is 3. The Kier molecular flexibility index (Phi) is 9.23. The zero-order valence-electron chi connectivity index (χ0n) is 18.1. The van der Waals surface area contributed by atoms with Gasteiger partial charge in [0, 0.05) is 6.42 Å². The lowest BCUT2D eigenvalue weighted by Crippen LogP contribution is -2.52. The number of nitrogens with zero attached hydrogens (tertiary/aromatic N) is 1. The van der Waals surface area contributed by atoms with Crippen molar-refractivity contribution in [3.63, 3.8) is 0 Å². The molecule has 8 heteroatoms. The summed E-state index contributed by atoms with van der Waals surface area (Å²) in [4.78, 5) is 36.8. The van der Waals surface area contributed by atoms with Crippen molar-refractivity contribution in [2.75, 3.05) is 0 Å². The summed E-state index contributed by atoms with van der Waals surface area (Å²) in [5.41, 5.74) is 1.65. The lowest BCUT2D eigenvalue weighted by molar-refractivity contribution is -0.142. The Balaban J connectivity index is 2.04. The van der Waals surface area contributed by atoms with Gasteiger partial charge in [0.25, 0.3) is 0 Å². The summed E-state index contributed by atoms with van der Waals surface area (Å²) in [6.07, 6.45) is -0.526. The van der Waals surface area contributed by atoms with E-state index in [-0.39, 0.29) is 18.9 Å². The first-order valence-corrected chi connectivity index (χ1v) is 10.3. The van der Waals surface area contributed by atoms with E-state index in [1.54, 1.807) is 24.3 Å². The summed E-state index contributed by atoms with van der Waals surface area (Å²) >= 11 is 0. The van der Waals surface area contributed by atoms with Crippen LogP contribution in [0.15, 0.2) is 54.6 Å². The fourth-order valence-electron chi connectivity index (χ4n) is 3.11. The molecule has 3 N–H and O–H groups in total. The number of nitrogens with one attached hydrogen (secondary N) is 2. The van der Waals surface area contributed by atoms with Crippen LogP contribution in [0.3, 0.4) is 0 Å². The first-order chi connectivity index (χ1) is 15.3. The molecule has 32 heavy (non-hydrogen) atoms. The molecule has 0 unspecified atom stereocenters. The molecule has 2 aromatic carbocycles. The van der Waals surface area contributed by atoms with Crippen LogP contribution in [0.4, 0.5) is 4.79 Å². The van der Waals surface area contributed by atoms with Gasteiger partial charge in [-0.15, -0.1) is 0 Å². The summed E-state index contributed by atoms with van der Waals surface area (Å²) in [6, 6.07) is 15.5. The van der Waals surface area contributed by atoms with Crippen molar-refractivity contribution in [3.05, 3.63) is 71.3 Å². The molecule has 0 saturated carbocycles. The minimum atomic E-state index is -1.26. The number of carboxylic acids is 1. The third kappa shape index (κ3) is 7.76. The fourth-order valence-corrected chi connectivity index (χ4v) is 3.11. The highest BCUT2D eigenvalue weighted by molar-refractivity contribution is 5.89. The maximum Gasteiger partial charge on any atom is 0.408 e. The Hall–Kier alpha value is -3.86. The molecule has 2 amide bonds. The Bertz CT molecular complexity index is 969. The van der Waals surface area contributed by atoms with E-state index < -0.39 is 30.1 Å². The molecule has 0 aliphatic rings. The zero-order chi connectivity index (χ0) is 23.5. The third-order valence-corrected chi connectivity index (χ3v) is 4.70. The van der Waals surface area contributed by atoms with E-state index in [4.69, 9.17) is 4.74 Å². The molecule has 0 bridgehead atoms. The molecule has 0 aliphatic carbocycles. The van der Waals surface area contributed by atoms with Crippen LogP contribution in [-0.4, -0.2) is 35.2 Å². The number of nitriles is 1. The predicted octanol–water partition coefficient (Wildman–Crippen LogP) is 3.01. The molecule has 2 atom stereocenters. The van der Waals surface area contributed by atoms with Crippen molar-refractivity contribution in [3.8, 4) is 6.07 Å². The van der Waals surface area contributed by atoms with Gasteiger partial charge in [0.1, 0.15) is 18.7 Å². The normalized spacial score (nSPS) is 12.3. The average molecular weight is 437 g/mol. The van der Waals surface area contributed by atoms with E-state index in [1.807, 2.05) is 50.2 Å². The maximum atomic E-state index is 12.8. The molecule has 8 nitrogen and oxygen atoms in total. The highest BCUT2D eigenvalue weighted by Crippen LogP contribution is 2.12. The smallest absolute Gasteiger partial charge is 0.408 e. The van der Waals surface area contributed by atoms with Crippen LogP contribution in [0.5, 0.6) is 0 Å². The number of carbonyl (C=O) groups excluding carboxylic acids is 2. The second kappa shape index (κ2) is 12.1. The average Bonchev–Trinajstić information content (AvgIpc) is 2.77. The molecule has 2 rings (SSSR count). The van der Waals surface area contributed by atoms with Gasteiger partial charge in [-0.3, -0.25) is 4.79 Å². The van der Waals surface area contributed by atoms with Gasteiger partial charge in [0.05, 0.1) is 11.6 Å². The van der Waals surface area contributed by atoms with Gasteiger partial charge in [-0.1, -0.05) is 62.4 Å². The van der Waals surface area contributed by atoms with Gasteiger partial charge in [-0.05, 0) is 29.5 Å². The van der Waals surface area contributed by atoms with Crippen molar-refractivity contribution in [2.24, 2.45) is 5.92 Å². The summed E-state index contributed by atoms with van der Waals surface area (Å²) in [7, 11) is 0. The van der Waals surface area contributed by atoms with Crippen molar-refractivity contribution < 1.29 is 24.2 Å². The first kappa shape index (κ1) is 24.4. The minimum absolute atomic E-state index is 0.0470. The predicted molar refractivity (Wildman–Crippen MR) is 117 cm³/mol. The number of aliphatic carboxylic acids is 1. The lowest BCUT2D eigenvalue weighted by Gasteiger charge is -2.23. The lowest BCUT2D eigenvalue weighted by atomic mass is 9.99. The Morgan fingerprint density at radius 1 is 1.00 bits per heavy atom. The zero-order valence-corrected chi connectivity index (χ0v) is 18.1. The number of carbonyl (C=O) groups is 3. The standard InChI is InChI=1S/C24H27N3O5/c1-16(2)12-20(27-24(31)32-15-17-8-4-3-5-9-17)22(28)26-21(23(29)30)13-18-10-6-7-11-19(18)14-25/h3-11,16,20-21H,12-13,15H2,1-2H3,(H,26,28)(H,27,31)(H,29,30)/t20-,21-/m0/s1. The molecule has 0 heterocycles. The van der Waals surface area contributed by atoms with Gasteiger partial charge in [-0.2, -0.15) is 5.26 Å². The van der Waals surface area contributed by atoms with Crippen molar-refractivity contribution in [1.82, 2.24) is 10.6 Å². The molecular formula is C24H27N3O5. The van der Waals surface area contributed by atoms with E-state index in [0.717, 1.165) is 5.56 Å². The number of ether oxygens (including phenoxy) is 1. The molecule has 0 aliphatic heterocycles. The maximum absolute atomic E-state index is 12.8. The van der Waals surface area contributed by atoms with Gasteiger partial charge >= 0.3 is 12.1 Å². The van der Waals surface area contributed by atoms with Crippen molar-refractivity contribution in [2.45, 2.75) is 45.4 Å². The SMILES string of the molecule is CC(C)C[C@H](NC(=O)OCc1ccccc1)C(=O)N[C@@H](Cc1ccccc1C#N)C(=O)O. The Labute approximate surface area is 187 Å². The molecule has 0 radical (unpaired) electrons.